The highest BCUT2D eigenvalue weighted by Crippen LogP contribution is 2.22. The standard InChI is InChI=1S/C29H33N3O4/c1-19(2)18-36-25-9-7-6-8-24(25)28(35)32-31-27(34)21-12-16-23(17-13-21)30-26(33)20-10-14-22(15-11-20)29(3,4)5/h6-17,19H,18H2,1-5H3,(H,30,33)(H,31,34)(H,32,35). The molecule has 0 heterocycles. The molecule has 0 aliphatic rings. The van der Waals surface area contributed by atoms with Crippen molar-refractivity contribution in [1.82, 2.24) is 10.9 Å². The van der Waals surface area contributed by atoms with Gasteiger partial charge in [-0.2, -0.15) is 0 Å². The molecule has 0 saturated heterocycles. The van der Waals surface area contributed by atoms with E-state index in [4.69, 9.17) is 4.74 Å². The summed E-state index contributed by atoms with van der Waals surface area (Å²) < 4.78 is 5.70. The van der Waals surface area contributed by atoms with Crippen LogP contribution in [0.2, 0.25) is 0 Å². The van der Waals surface area contributed by atoms with Gasteiger partial charge in [-0.1, -0.05) is 58.9 Å². The average molecular weight is 488 g/mol. The van der Waals surface area contributed by atoms with E-state index in [0.29, 0.717) is 40.7 Å². The number of hydrogen-bond donors (Lipinski definition) is 3. The van der Waals surface area contributed by atoms with E-state index >= 15 is 0 Å². The third-order valence-corrected chi connectivity index (χ3v) is 5.41. The molecule has 7 heteroatoms. The minimum atomic E-state index is -0.487. The van der Waals surface area contributed by atoms with Crippen molar-refractivity contribution in [1.29, 1.82) is 0 Å². The van der Waals surface area contributed by atoms with Crippen LogP contribution in [0.1, 0.15) is 71.3 Å². The molecule has 0 saturated carbocycles. The Morgan fingerprint density at radius 1 is 0.750 bits per heavy atom. The first kappa shape index (κ1) is 26.5. The topological polar surface area (TPSA) is 96.5 Å². The lowest BCUT2D eigenvalue weighted by Gasteiger charge is -2.19. The van der Waals surface area contributed by atoms with Crippen LogP contribution in [-0.4, -0.2) is 24.3 Å². The normalized spacial score (nSPS) is 11.1. The van der Waals surface area contributed by atoms with Crippen molar-refractivity contribution in [2.75, 3.05) is 11.9 Å². The van der Waals surface area contributed by atoms with Crippen LogP contribution in [0.15, 0.2) is 72.8 Å². The fourth-order valence-electron chi connectivity index (χ4n) is 3.32. The first-order valence-corrected chi connectivity index (χ1v) is 11.9. The van der Waals surface area contributed by atoms with Crippen LogP contribution in [0.4, 0.5) is 5.69 Å². The summed E-state index contributed by atoms with van der Waals surface area (Å²) in [5, 5.41) is 2.83. The highest BCUT2D eigenvalue weighted by atomic mass is 16.5. The van der Waals surface area contributed by atoms with Crippen molar-refractivity contribution in [3.63, 3.8) is 0 Å². The maximum Gasteiger partial charge on any atom is 0.273 e. The van der Waals surface area contributed by atoms with Gasteiger partial charge >= 0.3 is 0 Å². The zero-order valence-corrected chi connectivity index (χ0v) is 21.3. The summed E-state index contributed by atoms with van der Waals surface area (Å²) in [5.74, 6) is -0.449. The summed E-state index contributed by atoms with van der Waals surface area (Å²) in [5.41, 5.74) is 7.74. The Morgan fingerprint density at radius 2 is 1.31 bits per heavy atom. The predicted octanol–water partition coefficient (Wildman–Crippen LogP) is 5.35. The van der Waals surface area contributed by atoms with Gasteiger partial charge in [-0.25, -0.2) is 0 Å². The van der Waals surface area contributed by atoms with Gasteiger partial charge in [0.2, 0.25) is 0 Å². The third kappa shape index (κ3) is 7.18. The monoisotopic (exact) mass is 487 g/mol. The van der Waals surface area contributed by atoms with Crippen molar-refractivity contribution in [3.05, 3.63) is 95.1 Å². The number of amides is 3. The van der Waals surface area contributed by atoms with Gasteiger partial charge in [-0.05, 0) is 65.4 Å². The van der Waals surface area contributed by atoms with E-state index in [2.05, 4.69) is 36.9 Å². The minimum Gasteiger partial charge on any atom is -0.492 e. The second kappa shape index (κ2) is 11.5. The van der Waals surface area contributed by atoms with Crippen LogP contribution in [0, 0.1) is 5.92 Å². The maximum atomic E-state index is 12.6. The van der Waals surface area contributed by atoms with Gasteiger partial charge in [0.15, 0.2) is 0 Å². The lowest BCUT2D eigenvalue weighted by molar-refractivity contribution is 0.0844. The zero-order chi connectivity index (χ0) is 26.3. The molecule has 0 aliphatic carbocycles. The first-order valence-electron chi connectivity index (χ1n) is 11.9. The Balaban J connectivity index is 1.56. The van der Waals surface area contributed by atoms with Crippen LogP contribution in [-0.2, 0) is 5.41 Å². The molecule has 0 aromatic heterocycles. The summed E-state index contributed by atoms with van der Waals surface area (Å²) >= 11 is 0. The quantitative estimate of drug-likeness (QED) is 0.392. The number of para-hydroxylation sites is 1. The molecule has 3 N–H and O–H groups in total. The number of carbonyl (C=O) groups excluding carboxylic acids is 3. The van der Waals surface area contributed by atoms with Gasteiger partial charge in [-0.3, -0.25) is 25.2 Å². The molecule has 3 aromatic rings. The molecule has 0 aliphatic heterocycles. The van der Waals surface area contributed by atoms with Crippen LogP contribution < -0.4 is 20.9 Å². The fourth-order valence-corrected chi connectivity index (χ4v) is 3.32. The average Bonchev–Trinajstić information content (AvgIpc) is 2.86. The van der Waals surface area contributed by atoms with Crippen molar-refractivity contribution in [2.45, 2.75) is 40.0 Å². The van der Waals surface area contributed by atoms with E-state index in [9.17, 15) is 14.4 Å². The Bertz CT molecular complexity index is 1210. The van der Waals surface area contributed by atoms with Crippen molar-refractivity contribution in [2.24, 2.45) is 5.92 Å². The second-order valence-corrected chi connectivity index (χ2v) is 9.97. The third-order valence-electron chi connectivity index (χ3n) is 5.41. The molecular weight excluding hydrogens is 454 g/mol. The van der Waals surface area contributed by atoms with E-state index in [1.165, 1.54) is 0 Å². The van der Waals surface area contributed by atoms with Crippen LogP contribution in [0.3, 0.4) is 0 Å². The molecule has 0 radical (unpaired) electrons. The summed E-state index contributed by atoms with van der Waals surface area (Å²) in [7, 11) is 0. The smallest absolute Gasteiger partial charge is 0.273 e. The number of carbonyl (C=O) groups is 3. The second-order valence-electron chi connectivity index (χ2n) is 9.97. The number of anilines is 1. The van der Waals surface area contributed by atoms with E-state index in [-0.39, 0.29) is 11.3 Å². The molecule has 0 spiro atoms. The first-order chi connectivity index (χ1) is 17.0. The molecule has 188 valence electrons. The van der Waals surface area contributed by atoms with Crippen molar-refractivity contribution >= 4 is 23.4 Å². The summed E-state index contributed by atoms with van der Waals surface area (Å²) in [6.07, 6.45) is 0. The number of rotatable bonds is 7. The summed E-state index contributed by atoms with van der Waals surface area (Å²) in [4.78, 5) is 37.7. The number of hydrazine groups is 1. The highest BCUT2D eigenvalue weighted by Gasteiger charge is 2.16. The predicted molar refractivity (Wildman–Crippen MR) is 141 cm³/mol. The van der Waals surface area contributed by atoms with Crippen molar-refractivity contribution < 1.29 is 19.1 Å². The molecule has 3 rings (SSSR count). The Hall–Kier alpha value is -4.13. The van der Waals surface area contributed by atoms with Crippen LogP contribution >= 0.6 is 0 Å². The zero-order valence-electron chi connectivity index (χ0n) is 21.3. The molecule has 3 aromatic carbocycles. The van der Waals surface area contributed by atoms with Gasteiger partial charge < -0.3 is 10.1 Å². The van der Waals surface area contributed by atoms with Gasteiger partial charge in [-0.15, -0.1) is 0 Å². The van der Waals surface area contributed by atoms with E-state index < -0.39 is 11.8 Å². The van der Waals surface area contributed by atoms with Crippen molar-refractivity contribution in [3.8, 4) is 5.75 Å². The maximum absolute atomic E-state index is 12.6. The lowest BCUT2D eigenvalue weighted by atomic mass is 9.87. The molecular formula is C29H33N3O4. The summed E-state index contributed by atoms with van der Waals surface area (Å²) in [6.45, 7) is 10.9. The van der Waals surface area contributed by atoms with Crippen LogP contribution in [0.25, 0.3) is 0 Å². The Labute approximate surface area is 212 Å². The van der Waals surface area contributed by atoms with Crippen LogP contribution in [0.5, 0.6) is 5.75 Å². The molecule has 0 fully saturated rings. The van der Waals surface area contributed by atoms with Gasteiger partial charge in [0.1, 0.15) is 5.75 Å². The SMILES string of the molecule is CC(C)COc1ccccc1C(=O)NNC(=O)c1ccc(NC(=O)c2ccc(C(C)(C)C)cc2)cc1. The lowest BCUT2D eigenvalue weighted by Crippen LogP contribution is -2.41. The number of hydrogen-bond acceptors (Lipinski definition) is 4. The molecule has 7 nitrogen and oxygen atoms in total. The fraction of sp³-hybridized carbons (Fsp3) is 0.276. The molecule has 3 amide bonds. The molecule has 0 unspecified atom stereocenters. The van der Waals surface area contributed by atoms with E-state index in [1.54, 1.807) is 60.7 Å². The highest BCUT2D eigenvalue weighted by molar-refractivity contribution is 6.05. The Morgan fingerprint density at radius 3 is 1.92 bits per heavy atom. The number of benzene rings is 3. The van der Waals surface area contributed by atoms with E-state index in [0.717, 1.165) is 5.56 Å². The van der Waals surface area contributed by atoms with Gasteiger partial charge in [0.05, 0.1) is 12.2 Å². The minimum absolute atomic E-state index is 0.00972. The van der Waals surface area contributed by atoms with Gasteiger partial charge in [0.25, 0.3) is 17.7 Å². The van der Waals surface area contributed by atoms with E-state index in [1.807, 2.05) is 26.0 Å². The number of ether oxygens (including phenoxy) is 1. The molecule has 0 atom stereocenters. The largest absolute Gasteiger partial charge is 0.492 e. The van der Waals surface area contributed by atoms with Gasteiger partial charge in [0, 0.05) is 16.8 Å². The summed E-state index contributed by atoms with van der Waals surface area (Å²) in [6, 6.07) is 20.8. The Kier molecular flexibility index (Phi) is 8.48. The molecule has 36 heavy (non-hydrogen) atoms. The number of nitrogens with one attached hydrogen (secondary N) is 3. The molecule has 0 bridgehead atoms.